The van der Waals surface area contributed by atoms with Crippen molar-refractivity contribution in [2.24, 2.45) is 0 Å². The second-order valence-corrected chi connectivity index (χ2v) is 4.06. The summed E-state index contributed by atoms with van der Waals surface area (Å²) in [6.45, 7) is 0. The third-order valence-electron chi connectivity index (χ3n) is 1.64. The van der Waals surface area contributed by atoms with Gasteiger partial charge in [0, 0.05) is 0 Å². The lowest BCUT2D eigenvalue weighted by Crippen LogP contribution is -1.88. The van der Waals surface area contributed by atoms with Crippen LogP contribution >= 0.6 is 46.4 Å². The van der Waals surface area contributed by atoms with Gasteiger partial charge in [-0.05, 0) is 12.1 Å². The highest BCUT2D eigenvalue weighted by atomic mass is 35.5. The third-order valence-corrected chi connectivity index (χ3v) is 2.88. The molecule has 0 N–H and O–H groups in total. The van der Waals surface area contributed by atoms with Gasteiger partial charge in [0.2, 0.25) is 0 Å². The van der Waals surface area contributed by atoms with Crippen LogP contribution in [-0.4, -0.2) is 9.97 Å². The summed E-state index contributed by atoms with van der Waals surface area (Å²) in [5.41, 5.74) is 0.905. The maximum Gasteiger partial charge on any atom is 0.167 e. The fourth-order valence-electron chi connectivity index (χ4n) is 1.03. The molecule has 0 bridgehead atoms. The van der Waals surface area contributed by atoms with Gasteiger partial charge in [-0.15, -0.1) is 0 Å². The fraction of sp³-hybridized carbons (Fsp3) is 0. The molecular formula is C8H2Cl4N2. The molecule has 2 aromatic rings. The molecule has 2 rings (SSSR count). The Kier molecular flexibility index (Phi) is 2.71. The van der Waals surface area contributed by atoms with E-state index in [1.165, 1.54) is 0 Å². The van der Waals surface area contributed by atoms with Gasteiger partial charge in [-0.3, -0.25) is 0 Å². The first-order valence-electron chi connectivity index (χ1n) is 3.56. The number of nitrogens with zero attached hydrogens (tertiary/aromatic N) is 2. The number of rotatable bonds is 0. The van der Waals surface area contributed by atoms with Gasteiger partial charge < -0.3 is 0 Å². The van der Waals surface area contributed by atoms with E-state index < -0.39 is 0 Å². The van der Waals surface area contributed by atoms with Crippen molar-refractivity contribution in [2.75, 3.05) is 0 Å². The molecule has 0 radical (unpaired) electrons. The van der Waals surface area contributed by atoms with Crippen molar-refractivity contribution in [3.8, 4) is 0 Å². The molecular weight excluding hydrogens is 266 g/mol. The first-order chi connectivity index (χ1) is 6.59. The van der Waals surface area contributed by atoms with Crippen LogP contribution in [0.2, 0.25) is 20.4 Å². The minimum absolute atomic E-state index is 0.114. The number of benzene rings is 1. The Morgan fingerprint density at radius 1 is 0.714 bits per heavy atom. The Morgan fingerprint density at radius 3 is 1.43 bits per heavy atom. The van der Waals surface area contributed by atoms with E-state index in [2.05, 4.69) is 9.97 Å². The van der Waals surface area contributed by atoms with E-state index in [0.29, 0.717) is 21.1 Å². The summed E-state index contributed by atoms with van der Waals surface area (Å²) in [6.07, 6.45) is 0. The van der Waals surface area contributed by atoms with E-state index in [1.807, 2.05) is 0 Å². The zero-order valence-electron chi connectivity index (χ0n) is 6.56. The van der Waals surface area contributed by atoms with Gasteiger partial charge in [0.1, 0.15) is 11.0 Å². The smallest absolute Gasteiger partial charge is 0.167 e. The average molecular weight is 268 g/mol. The third kappa shape index (κ3) is 1.63. The van der Waals surface area contributed by atoms with Gasteiger partial charge in [0.05, 0.1) is 10.0 Å². The normalized spacial score (nSPS) is 10.9. The van der Waals surface area contributed by atoms with Crippen LogP contribution in [0.1, 0.15) is 0 Å². The van der Waals surface area contributed by atoms with E-state index in [4.69, 9.17) is 46.4 Å². The van der Waals surface area contributed by atoms with Crippen LogP contribution in [0.4, 0.5) is 0 Å². The molecule has 0 unspecified atom stereocenters. The highest BCUT2D eigenvalue weighted by Gasteiger charge is 2.10. The Balaban J connectivity index is 2.94. The summed E-state index contributed by atoms with van der Waals surface area (Å²) in [4.78, 5) is 7.98. The zero-order valence-corrected chi connectivity index (χ0v) is 9.58. The minimum Gasteiger partial charge on any atom is -0.230 e. The molecule has 0 fully saturated rings. The predicted octanol–water partition coefficient (Wildman–Crippen LogP) is 4.24. The van der Waals surface area contributed by atoms with Crippen molar-refractivity contribution >= 4 is 57.4 Å². The fourth-order valence-corrected chi connectivity index (χ4v) is 1.67. The second-order valence-electron chi connectivity index (χ2n) is 2.53. The predicted molar refractivity (Wildman–Crippen MR) is 59.6 cm³/mol. The van der Waals surface area contributed by atoms with Crippen molar-refractivity contribution in [1.29, 1.82) is 0 Å². The van der Waals surface area contributed by atoms with Gasteiger partial charge in [0.25, 0.3) is 0 Å². The van der Waals surface area contributed by atoms with Crippen LogP contribution in [0.15, 0.2) is 12.1 Å². The van der Waals surface area contributed by atoms with Gasteiger partial charge in [-0.25, -0.2) is 9.97 Å². The Morgan fingerprint density at radius 2 is 1.07 bits per heavy atom. The lowest BCUT2D eigenvalue weighted by atomic mass is 10.3. The molecule has 0 spiro atoms. The van der Waals surface area contributed by atoms with Crippen LogP contribution in [0, 0.1) is 0 Å². The SMILES string of the molecule is Clc1nc2c(Cl)ccc(Cl)c2nc1Cl. The summed E-state index contributed by atoms with van der Waals surface area (Å²) in [7, 11) is 0. The van der Waals surface area contributed by atoms with E-state index in [0.717, 1.165) is 0 Å². The lowest BCUT2D eigenvalue weighted by Gasteiger charge is -2.02. The van der Waals surface area contributed by atoms with E-state index in [-0.39, 0.29) is 10.3 Å². The topological polar surface area (TPSA) is 25.8 Å². The summed E-state index contributed by atoms with van der Waals surface area (Å²) in [5, 5.41) is 1.11. The maximum atomic E-state index is 5.89. The van der Waals surface area contributed by atoms with E-state index in [9.17, 15) is 0 Å². The standard InChI is InChI=1S/C8H2Cl4N2/c9-3-1-2-4(10)6-5(3)13-7(11)8(12)14-6/h1-2H. The molecule has 2 nitrogen and oxygen atoms in total. The van der Waals surface area contributed by atoms with Crippen molar-refractivity contribution in [3.05, 3.63) is 32.5 Å². The van der Waals surface area contributed by atoms with E-state index >= 15 is 0 Å². The molecule has 14 heavy (non-hydrogen) atoms. The number of hydrogen-bond donors (Lipinski definition) is 0. The molecule has 1 aromatic carbocycles. The van der Waals surface area contributed by atoms with Crippen LogP contribution in [0.5, 0.6) is 0 Å². The summed E-state index contributed by atoms with van der Waals surface area (Å²) < 4.78 is 0. The average Bonchev–Trinajstić information content (AvgIpc) is 2.15. The molecule has 0 aliphatic carbocycles. The van der Waals surface area contributed by atoms with Crippen LogP contribution in [0.3, 0.4) is 0 Å². The quantitative estimate of drug-likeness (QED) is 0.713. The first-order valence-corrected chi connectivity index (χ1v) is 5.07. The zero-order chi connectivity index (χ0) is 10.3. The number of aromatic nitrogens is 2. The summed E-state index contributed by atoms with van der Waals surface area (Å²) in [6, 6.07) is 3.26. The monoisotopic (exact) mass is 266 g/mol. The summed E-state index contributed by atoms with van der Waals surface area (Å²) in [5.74, 6) is 0. The van der Waals surface area contributed by atoms with E-state index in [1.54, 1.807) is 12.1 Å². The first kappa shape index (κ1) is 10.2. The largest absolute Gasteiger partial charge is 0.230 e. The van der Waals surface area contributed by atoms with Crippen LogP contribution < -0.4 is 0 Å². The molecule has 0 aliphatic rings. The van der Waals surface area contributed by atoms with Crippen molar-refractivity contribution < 1.29 is 0 Å². The van der Waals surface area contributed by atoms with Crippen LogP contribution in [-0.2, 0) is 0 Å². The molecule has 1 heterocycles. The van der Waals surface area contributed by atoms with Crippen molar-refractivity contribution in [1.82, 2.24) is 9.97 Å². The Labute approximate surface area is 99.8 Å². The molecule has 0 saturated heterocycles. The van der Waals surface area contributed by atoms with Gasteiger partial charge in [-0.1, -0.05) is 46.4 Å². The van der Waals surface area contributed by atoms with Crippen LogP contribution in [0.25, 0.3) is 11.0 Å². The highest BCUT2D eigenvalue weighted by Crippen LogP contribution is 2.30. The molecule has 0 aliphatic heterocycles. The Bertz CT molecular complexity index is 466. The van der Waals surface area contributed by atoms with Crippen molar-refractivity contribution in [3.63, 3.8) is 0 Å². The number of fused-ring (bicyclic) bond motifs is 1. The van der Waals surface area contributed by atoms with Gasteiger partial charge in [0.15, 0.2) is 10.3 Å². The molecule has 1 aromatic heterocycles. The molecule has 0 amide bonds. The molecule has 72 valence electrons. The molecule has 0 saturated carbocycles. The van der Waals surface area contributed by atoms with Gasteiger partial charge in [-0.2, -0.15) is 0 Å². The number of halogens is 4. The lowest BCUT2D eigenvalue weighted by molar-refractivity contribution is 1.29. The Hall–Kier alpha value is -0.280. The second kappa shape index (κ2) is 3.70. The maximum absolute atomic E-state index is 5.89. The molecule has 6 heteroatoms. The number of hydrogen-bond acceptors (Lipinski definition) is 2. The molecule has 0 atom stereocenters. The van der Waals surface area contributed by atoms with Crippen molar-refractivity contribution in [2.45, 2.75) is 0 Å². The minimum atomic E-state index is 0.114. The van der Waals surface area contributed by atoms with Gasteiger partial charge >= 0.3 is 0 Å². The highest BCUT2D eigenvalue weighted by molar-refractivity contribution is 6.42. The summed E-state index contributed by atoms with van der Waals surface area (Å²) >= 11 is 23.2.